The van der Waals surface area contributed by atoms with E-state index in [1.807, 2.05) is 30.5 Å². The van der Waals surface area contributed by atoms with Gasteiger partial charge in [-0.15, -0.1) is 0 Å². The Morgan fingerprint density at radius 1 is 1.04 bits per heavy atom. The third-order valence-corrected chi connectivity index (χ3v) is 5.90. The number of aromatic nitrogens is 1. The second-order valence-electron chi connectivity index (χ2n) is 7.85. The number of hydrogen-bond acceptors (Lipinski definition) is 3. The number of pyridine rings is 1. The molecule has 1 fully saturated rings. The molecule has 1 atom stereocenters. The smallest absolute Gasteiger partial charge is 0.130 e. The lowest BCUT2D eigenvalue weighted by atomic mass is 9.79. The van der Waals surface area contributed by atoms with E-state index >= 15 is 0 Å². The Morgan fingerprint density at radius 3 is 2.57 bits per heavy atom. The quantitative estimate of drug-likeness (QED) is 0.566. The summed E-state index contributed by atoms with van der Waals surface area (Å²) in [5.41, 5.74) is 1.96. The predicted molar refractivity (Wildman–Crippen MR) is 112 cm³/mol. The van der Waals surface area contributed by atoms with Crippen LogP contribution in [0.4, 0.5) is 10.1 Å². The molecule has 1 N–H and O–H groups in total. The molecular formula is C24H27FN2O. The van der Waals surface area contributed by atoms with Crippen molar-refractivity contribution in [1.29, 1.82) is 0 Å². The van der Waals surface area contributed by atoms with Crippen molar-refractivity contribution in [2.75, 3.05) is 11.9 Å². The number of benzene rings is 2. The molecule has 3 aromatic rings. The molecule has 0 spiro atoms. The monoisotopic (exact) mass is 378 g/mol. The van der Waals surface area contributed by atoms with Gasteiger partial charge in [0.25, 0.3) is 0 Å². The third kappa shape index (κ3) is 4.44. The molecule has 1 unspecified atom stereocenters. The van der Waals surface area contributed by atoms with E-state index in [4.69, 9.17) is 4.74 Å². The zero-order valence-electron chi connectivity index (χ0n) is 16.3. The van der Waals surface area contributed by atoms with Crippen LogP contribution in [-0.2, 0) is 0 Å². The van der Waals surface area contributed by atoms with Gasteiger partial charge < -0.3 is 10.1 Å². The molecule has 0 amide bonds. The van der Waals surface area contributed by atoms with Gasteiger partial charge in [0.1, 0.15) is 11.6 Å². The molecule has 1 aliphatic carbocycles. The Bertz CT molecular complexity index is 899. The van der Waals surface area contributed by atoms with Crippen LogP contribution in [0.2, 0.25) is 0 Å². The van der Waals surface area contributed by atoms with Crippen molar-refractivity contribution in [3.05, 3.63) is 66.6 Å². The summed E-state index contributed by atoms with van der Waals surface area (Å²) in [6, 6.07) is 16.7. The van der Waals surface area contributed by atoms with Gasteiger partial charge in [0.05, 0.1) is 11.6 Å². The highest BCUT2D eigenvalue weighted by Crippen LogP contribution is 2.34. The van der Waals surface area contributed by atoms with Crippen molar-refractivity contribution >= 4 is 16.6 Å². The molecule has 28 heavy (non-hydrogen) atoms. The summed E-state index contributed by atoms with van der Waals surface area (Å²) in [7, 11) is 0. The second-order valence-corrected chi connectivity index (χ2v) is 7.85. The maximum atomic E-state index is 13.0. The number of fused-ring (bicyclic) bond motifs is 1. The third-order valence-electron chi connectivity index (χ3n) is 5.90. The van der Waals surface area contributed by atoms with Gasteiger partial charge in [0.15, 0.2) is 0 Å². The molecule has 0 radical (unpaired) electrons. The lowest BCUT2D eigenvalue weighted by Gasteiger charge is -2.33. The van der Waals surface area contributed by atoms with Gasteiger partial charge in [-0.2, -0.15) is 0 Å². The fourth-order valence-electron chi connectivity index (χ4n) is 4.14. The number of ether oxygens (including phenoxy) is 1. The molecule has 0 saturated heterocycles. The Hall–Kier alpha value is -2.62. The Morgan fingerprint density at radius 2 is 1.79 bits per heavy atom. The van der Waals surface area contributed by atoms with Crippen molar-refractivity contribution in [2.24, 2.45) is 11.8 Å². The van der Waals surface area contributed by atoms with Crippen LogP contribution in [0, 0.1) is 17.7 Å². The van der Waals surface area contributed by atoms with E-state index < -0.39 is 0 Å². The van der Waals surface area contributed by atoms with E-state index in [1.165, 1.54) is 25.0 Å². The van der Waals surface area contributed by atoms with E-state index in [0.717, 1.165) is 41.7 Å². The first-order valence-electron chi connectivity index (χ1n) is 10.2. The van der Waals surface area contributed by atoms with Gasteiger partial charge >= 0.3 is 0 Å². The number of para-hydroxylation sites is 1. The van der Waals surface area contributed by atoms with Gasteiger partial charge in [-0.25, -0.2) is 4.39 Å². The van der Waals surface area contributed by atoms with Gasteiger partial charge in [0, 0.05) is 23.8 Å². The molecule has 4 rings (SSSR count). The van der Waals surface area contributed by atoms with Crippen LogP contribution in [0.3, 0.4) is 0 Å². The van der Waals surface area contributed by atoms with Crippen LogP contribution in [0.5, 0.6) is 5.75 Å². The summed E-state index contributed by atoms with van der Waals surface area (Å²) in [6.07, 6.45) is 6.64. The second kappa shape index (κ2) is 8.59. The zero-order valence-corrected chi connectivity index (χ0v) is 16.3. The standard InChI is InChI=1S/C24H27FN2O/c1-17(16-27-20-10-8-19(25)9-11-20)18-6-12-21(13-7-18)28-24-14-15-26-23-5-3-2-4-22(23)24/h2-5,8-11,14-15,17-18,21,27H,6-7,12-13,16H2,1H3. The molecular weight excluding hydrogens is 351 g/mol. The number of anilines is 1. The zero-order chi connectivity index (χ0) is 19.3. The molecule has 1 aliphatic rings. The average molecular weight is 378 g/mol. The van der Waals surface area contributed by atoms with Crippen LogP contribution >= 0.6 is 0 Å². The fourth-order valence-corrected chi connectivity index (χ4v) is 4.14. The Kier molecular flexibility index (Phi) is 5.75. The fraction of sp³-hybridized carbons (Fsp3) is 0.375. The van der Waals surface area contributed by atoms with Crippen molar-refractivity contribution in [3.8, 4) is 5.75 Å². The highest BCUT2D eigenvalue weighted by Gasteiger charge is 2.26. The summed E-state index contributed by atoms with van der Waals surface area (Å²) in [4.78, 5) is 4.41. The van der Waals surface area contributed by atoms with Crippen LogP contribution in [0.1, 0.15) is 32.6 Å². The first kappa shape index (κ1) is 18.7. The lowest BCUT2D eigenvalue weighted by molar-refractivity contribution is 0.117. The van der Waals surface area contributed by atoms with E-state index in [2.05, 4.69) is 23.3 Å². The van der Waals surface area contributed by atoms with Crippen LogP contribution in [0.25, 0.3) is 10.9 Å². The van der Waals surface area contributed by atoms with Crippen molar-refractivity contribution in [2.45, 2.75) is 38.7 Å². The highest BCUT2D eigenvalue weighted by atomic mass is 19.1. The molecule has 146 valence electrons. The summed E-state index contributed by atoms with van der Waals surface area (Å²) in [6.45, 7) is 3.22. The van der Waals surface area contributed by atoms with E-state index in [0.29, 0.717) is 11.8 Å². The molecule has 1 aromatic heterocycles. The molecule has 2 aromatic carbocycles. The molecule has 0 aliphatic heterocycles. The van der Waals surface area contributed by atoms with Crippen molar-refractivity contribution in [3.63, 3.8) is 0 Å². The first-order valence-corrected chi connectivity index (χ1v) is 10.2. The highest BCUT2D eigenvalue weighted by molar-refractivity contribution is 5.84. The van der Waals surface area contributed by atoms with Gasteiger partial charge in [0.2, 0.25) is 0 Å². The number of nitrogens with zero attached hydrogens (tertiary/aromatic N) is 1. The summed E-state index contributed by atoms with van der Waals surface area (Å²) >= 11 is 0. The maximum Gasteiger partial charge on any atom is 0.130 e. The van der Waals surface area contributed by atoms with E-state index in [-0.39, 0.29) is 11.9 Å². The topological polar surface area (TPSA) is 34.1 Å². The molecule has 0 bridgehead atoms. The largest absolute Gasteiger partial charge is 0.490 e. The van der Waals surface area contributed by atoms with Crippen molar-refractivity contribution < 1.29 is 9.13 Å². The minimum atomic E-state index is -0.195. The van der Waals surface area contributed by atoms with Gasteiger partial charge in [-0.05, 0) is 80.0 Å². The molecule has 3 nitrogen and oxygen atoms in total. The number of halogens is 1. The minimum absolute atomic E-state index is 0.195. The Balaban J connectivity index is 1.28. The lowest BCUT2D eigenvalue weighted by Crippen LogP contribution is -2.29. The van der Waals surface area contributed by atoms with E-state index in [1.54, 1.807) is 12.1 Å². The minimum Gasteiger partial charge on any atom is -0.490 e. The van der Waals surface area contributed by atoms with Crippen LogP contribution < -0.4 is 10.1 Å². The summed E-state index contributed by atoms with van der Waals surface area (Å²) < 4.78 is 19.4. The molecule has 4 heteroatoms. The van der Waals surface area contributed by atoms with Crippen molar-refractivity contribution in [1.82, 2.24) is 4.98 Å². The number of hydrogen-bond donors (Lipinski definition) is 1. The first-order chi connectivity index (χ1) is 13.7. The SMILES string of the molecule is CC(CNc1ccc(F)cc1)C1CCC(Oc2ccnc3ccccc23)CC1. The van der Waals surface area contributed by atoms with Crippen LogP contribution in [0.15, 0.2) is 60.8 Å². The average Bonchev–Trinajstić information content (AvgIpc) is 2.74. The van der Waals surface area contributed by atoms with Gasteiger partial charge in [-0.1, -0.05) is 19.1 Å². The van der Waals surface area contributed by atoms with Crippen LogP contribution in [-0.4, -0.2) is 17.6 Å². The van der Waals surface area contributed by atoms with E-state index in [9.17, 15) is 4.39 Å². The predicted octanol–water partition coefficient (Wildman–Crippen LogP) is 6.06. The number of rotatable bonds is 6. The number of nitrogens with one attached hydrogen (secondary N) is 1. The summed E-state index contributed by atoms with van der Waals surface area (Å²) in [5, 5.41) is 4.52. The molecule has 1 saturated carbocycles. The van der Waals surface area contributed by atoms with Gasteiger partial charge in [-0.3, -0.25) is 4.98 Å². The summed E-state index contributed by atoms with van der Waals surface area (Å²) in [5.74, 6) is 2.02. The maximum absolute atomic E-state index is 13.0. The normalized spacial score (nSPS) is 20.6. The Labute approximate surface area is 165 Å². The molecule has 1 heterocycles.